The highest BCUT2D eigenvalue weighted by Gasteiger charge is 2.21. The zero-order valence-corrected chi connectivity index (χ0v) is 18.1. The van der Waals surface area contributed by atoms with Gasteiger partial charge in [0.2, 0.25) is 0 Å². The van der Waals surface area contributed by atoms with Gasteiger partial charge in [0.25, 0.3) is 0 Å². The van der Waals surface area contributed by atoms with E-state index in [1.165, 1.54) is 0 Å². The molecule has 4 aromatic carbocycles. The van der Waals surface area contributed by atoms with E-state index in [0.717, 1.165) is 38.9 Å². The van der Waals surface area contributed by atoms with Crippen LogP contribution in [0.25, 0.3) is 55.8 Å². The van der Waals surface area contributed by atoms with E-state index in [4.69, 9.17) is 14.4 Å². The van der Waals surface area contributed by atoms with Crippen molar-refractivity contribution in [3.63, 3.8) is 0 Å². The summed E-state index contributed by atoms with van der Waals surface area (Å²) >= 11 is 0. The molecule has 0 amide bonds. The molecule has 34 heavy (non-hydrogen) atoms. The van der Waals surface area contributed by atoms with E-state index in [1.54, 1.807) is 12.1 Å². The highest BCUT2D eigenvalue weighted by molar-refractivity contribution is 6.61. The Morgan fingerprint density at radius 3 is 1.91 bits per heavy atom. The fraction of sp³-hybridized carbons (Fsp3) is 0. The van der Waals surface area contributed by atoms with Crippen LogP contribution in [0.4, 0.5) is 0 Å². The fourth-order valence-corrected chi connectivity index (χ4v) is 4.31. The van der Waals surface area contributed by atoms with Crippen molar-refractivity contribution in [1.82, 2.24) is 9.97 Å². The highest BCUT2D eigenvalue weighted by Crippen LogP contribution is 2.36. The minimum atomic E-state index is -1.62. The molecule has 0 atom stereocenters. The van der Waals surface area contributed by atoms with Crippen LogP contribution in [-0.4, -0.2) is 27.1 Å². The van der Waals surface area contributed by atoms with Crippen molar-refractivity contribution >= 4 is 34.5 Å². The average Bonchev–Trinajstić information content (AvgIpc) is 3.28. The molecule has 0 fully saturated rings. The first-order valence-corrected chi connectivity index (χ1v) is 11.0. The van der Waals surface area contributed by atoms with E-state index in [2.05, 4.69) is 0 Å². The van der Waals surface area contributed by atoms with Gasteiger partial charge in [-0.15, -0.1) is 0 Å². The van der Waals surface area contributed by atoms with Gasteiger partial charge in [-0.05, 0) is 12.1 Å². The van der Waals surface area contributed by atoms with Crippen LogP contribution in [0.5, 0.6) is 0 Å². The Labute approximate surface area is 196 Å². The molecule has 0 aliphatic rings. The SMILES string of the molecule is OB(O)c1cccc2c1oc1c(-c3cc(-c4ccccc4)nc(-c4ccccc4)n3)cccc12. The van der Waals surface area contributed by atoms with Gasteiger partial charge in [-0.3, -0.25) is 0 Å². The molecule has 5 nitrogen and oxygen atoms in total. The van der Waals surface area contributed by atoms with Gasteiger partial charge >= 0.3 is 7.12 Å². The Hall–Kier alpha value is -4.26. The molecule has 6 heteroatoms. The minimum absolute atomic E-state index is 0.331. The molecule has 2 aromatic heterocycles. The van der Waals surface area contributed by atoms with Gasteiger partial charge in [0.05, 0.1) is 11.4 Å². The average molecular weight is 442 g/mol. The maximum atomic E-state index is 9.83. The van der Waals surface area contributed by atoms with Crippen molar-refractivity contribution < 1.29 is 14.5 Å². The van der Waals surface area contributed by atoms with Gasteiger partial charge in [0.15, 0.2) is 5.82 Å². The van der Waals surface area contributed by atoms with E-state index >= 15 is 0 Å². The number of nitrogens with zero attached hydrogens (tertiary/aromatic N) is 2. The molecule has 0 unspecified atom stereocenters. The molecule has 162 valence electrons. The normalized spacial score (nSPS) is 11.2. The Kier molecular flexibility index (Phi) is 4.95. The van der Waals surface area contributed by atoms with Crippen LogP contribution >= 0.6 is 0 Å². The molecule has 0 aliphatic heterocycles. The standard InChI is InChI=1S/C28H19BN2O3/c32-29(33)23-16-8-14-21-20-13-7-15-22(26(20)34-27(21)23)25-17-24(18-9-3-1-4-10-18)30-28(31-25)19-11-5-2-6-12-19/h1-17,32-33H. The minimum Gasteiger partial charge on any atom is -0.456 e. The summed E-state index contributed by atoms with van der Waals surface area (Å²) in [6.45, 7) is 0. The third kappa shape index (κ3) is 3.46. The molecule has 6 rings (SSSR count). The number of fused-ring (bicyclic) bond motifs is 3. The summed E-state index contributed by atoms with van der Waals surface area (Å²) < 4.78 is 6.24. The van der Waals surface area contributed by atoms with Crippen LogP contribution in [-0.2, 0) is 0 Å². The molecule has 0 radical (unpaired) electrons. The summed E-state index contributed by atoms with van der Waals surface area (Å²) in [5, 5.41) is 21.4. The van der Waals surface area contributed by atoms with Crippen molar-refractivity contribution in [2.24, 2.45) is 0 Å². The zero-order valence-electron chi connectivity index (χ0n) is 18.1. The first-order valence-electron chi connectivity index (χ1n) is 11.0. The second-order valence-corrected chi connectivity index (χ2v) is 8.08. The van der Waals surface area contributed by atoms with Crippen LogP contribution in [0.3, 0.4) is 0 Å². The summed E-state index contributed by atoms with van der Waals surface area (Å²) in [6, 6.07) is 33.1. The molecule has 0 saturated carbocycles. The third-order valence-corrected chi connectivity index (χ3v) is 5.94. The second kappa shape index (κ2) is 8.26. The number of aromatic nitrogens is 2. The van der Waals surface area contributed by atoms with Crippen LogP contribution in [0.15, 0.2) is 108 Å². The lowest BCUT2D eigenvalue weighted by Gasteiger charge is -2.09. The van der Waals surface area contributed by atoms with Crippen molar-refractivity contribution in [2.45, 2.75) is 0 Å². The summed E-state index contributed by atoms with van der Waals surface area (Å²) in [7, 11) is -1.62. The highest BCUT2D eigenvalue weighted by atomic mass is 16.4. The molecule has 6 aromatic rings. The lowest BCUT2D eigenvalue weighted by molar-refractivity contribution is 0.425. The summed E-state index contributed by atoms with van der Waals surface area (Å²) in [5.74, 6) is 0.622. The topological polar surface area (TPSA) is 79.4 Å². The van der Waals surface area contributed by atoms with Crippen molar-refractivity contribution in [3.05, 3.63) is 103 Å². The number of benzene rings is 4. The first kappa shape index (κ1) is 20.4. The number of hydrogen-bond acceptors (Lipinski definition) is 5. The van der Waals surface area contributed by atoms with Crippen molar-refractivity contribution in [3.8, 4) is 33.9 Å². The van der Waals surface area contributed by atoms with Crippen LogP contribution < -0.4 is 5.46 Å². The number of para-hydroxylation sites is 2. The van der Waals surface area contributed by atoms with Gasteiger partial charge in [-0.2, -0.15) is 0 Å². The Morgan fingerprint density at radius 2 is 1.21 bits per heavy atom. The lowest BCUT2D eigenvalue weighted by Crippen LogP contribution is -2.29. The van der Waals surface area contributed by atoms with E-state index in [9.17, 15) is 10.0 Å². The van der Waals surface area contributed by atoms with Gasteiger partial charge in [0, 0.05) is 32.9 Å². The molecule has 0 bridgehead atoms. The molecular formula is C28H19BN2O3. The monoisotopic (exact) mass is 442 g/mol. The molecule has 0 spiro atoms. The Morgan fingerprint density at radius 1 is 0.588 bits per heavy atom. The van der Waals surface area contributed by atoms with Gasteiger partial charge in [-0.25, -0.2) is 9.97 Å². The predicted molar refractivity (Wildman–Crippen MR) is 135 cm³/mol. The smallest absolute Gasteiger partial charge is 0.456 e. The van der Waals surface area contributed by atoms with E-state index in [0.29, 0.717) is 22.5 Å². The van der Waals surface area contributed by atoms with Crippen LogP contribution in [0.2, 0.25) is 0 Å². The van der Waals surface area contributed by atoms with Gasteiger partial charge < -0.3 is 14.5 Å². The number of rotatable bonds is 4. The van der Waals surface area contributed by atoms with Crippen LogP contribution in [0.1, 0.15) is 0 Å². The summed E-state index contributed by atoms with van der Waals surface area (Å²) in [6.07, 6.45) is 0. The van der Waals surface area contributed by atoms with Gasteiger partial charge in [-0.1, -0.05) is 91.0 Å². The number of hydrogen-bond donors (Lipinski definition) is 2. The Bertz CT molecular complexity index is 1570. The first-order chi connectivity index (χ1) is 16.7. The molecule has 0 aliphatic carbocycles. The summed E-state index contributed by atoms with van der Waals surface area (Å²) in [4.78, 5) is 9.76. The fourth-order valence-electron chi connectivity index (χ4n) is 4.31. The number of furan rings is 1. The summed E-state index contributed by atoms with van der Waals surface area (Å²) in [5.41, 5.74) is 5.69. The third-order valence-electron chi connectivity index (χ3n) is 5.94. The van der Waals surface area contributed by atoms with Crippen molar-refractivity contribution in [2.75, 3.05) is 0 Å². The maximum Gasteiger partial charge on any atom is 0.492 e. The molecule has 2 heterocycles. The van der Waals surface area contributed by atoms with Gasteiger partial charge in [0.1, 0.15) is 11.2 Å². The van der Waals surface area contributed by atoms with Crippen molar-refractivity contribution in [1.29, 1.82) is 0 Å². The quantitative estimate of drug-likeness (QED) is 0.374. The van der Waals surface area contributed by atoms with Crippen LogP contribution in [0, 0.1) is 0 Å². The second-order valence-electron chi connectivity index (χ2n) is 8.08. The maximum absolute atomic E-state index is 9.83. The van der Waals surface area contributed by atoms with E-state index in [1.807, 2.05) is 91.0 Å². The lowest BCUT2D eigenvalue weighted by atomic mass is 9.79. The molecular weight excluding hydrogens is 423 g/mol. The largest absolute Gasteiger partial charge is 0.492 e. The zero-order chi connectivity index (χ0) is 23.1. The molecule has 2 N–H and O–H groups in total. The Balaban J connectivity index is 1.63. The molecule has 0 saturated heterocycles. The van der Waals surface area contributed by atoms with E-state index < -0.39 is 7.12 Å². The van der Waals surface area contributed by atoms with E-state index in [-0.39, 0.29) is 0 Å². The predicted octanol–water partition coefficient (Wildman–Crippen LogP) is 5.06.